The van der Waals surface area contributed by atoms with Crippen molar-refractivity contribution < 1.29 is 9.47 Å². The highest BCUT2D eigenvalue weighted by atomic mass is 16.5. The molecule has 1 rings (SSSR count). The first-order valence-corrected chi connectivity index (χ1v) is 10.2. The third kappa shape index (κ3) is 10.6. The summed E-state index contributed by atoms with van der Waals surface area (Å²) in [7, 11) is 0. The fraction of sp³-hybridized carbons (Fsp3) is 0.583. The lowest BCUT2D eigenvalue weighted by Gasteiger charge is -2.29. The van der Waals surface area contributed by atoms with Gasteiger partial charge in [0.25, 0.3) is 0 Å². The third-order valence-electron chi connectivity index (χ3n) is 4.44. The van der Waals surface area contributed by atoms with E-state index in [0.717, 1.165) is 36.8 Å². The van der Waals surface area contributed by atoms with Crippen molar-refractivity contribution in [3.05, 3.63) is 60.8 Å². The van der Waals surface area contributed by atoms with Gasteiger partial charge in [-0.05, 0) is 36.8 Å². The van der Waals surface area contributed by atoms with Crippen molar-refractivity contribution in [2.75, 3.05) is 13.2 Å². The van der Waals surface area contributed by atoms with E-state index in [0.29, 0.717) is 13.2 Å². The van der Waals surface area contributed by atoms with Gasteiger partial charge in [0.2, 0.25) is 0 Å². The molecule has 0 aromatic rings. The van der Waals surface area contributed by atoms with Gasteiger partial charge in [-0.2, -0.15) is 0 Å². The van der Waals surface area contributed by atoms with Gasteiger partial charge in [-0.1, -0.05) is 89.1 Å². The molecule has 1 aliphatic rings. The molecule has 0 unspecified atom stereocenters. The van der Waals surface area contributed by atoms with Crippen LogP contribution in [0.2, 0.25) is 0 Å². The van der Waals surface area contributed by atoms with E-state index in [-0.39, 0.29) is 12.2 Å². The van der Waals surface area contributed by atoms with Gasteiger partial charge in [0.1, 0.15) is 0 Å². The van der Waals surface area contributed by atoms with Crippen molar-refractivity contribution in [1.82, 2.24) is 0 Å². The fourth-order valence-corrected chi connectivity index (χ4v) is 2.78. The summed E-state index contributed by atoms with van der Waals surface area (Å²) < 4.78 is 12.2. The maximum absolute atomic E-state index is 6.09. The highest BCUT2D eigenvalue weighted by Crippen LogP contribution is 2.20. The van der Waals surface area contributed by atoms with Crippen molar-refractivity contribution in [2.45, 2.75) is 77.4 Å². The summed E-state index contributed by atoms with van der Waals surface area (Å²) in [5.41, 5.74) is 2.05. The Morgan fingerprint density at radius 3 is 1.65 bits per heavy atom. The Morgan fingerprint density at radius 1 is 0.846 bits per heavy atom. The quantitative estimate of drug-likeness (QED) is 0.195. The number of ether oxygens (including phenoxy) is 2. The molecule has 0 heterocycles. The monoisotopic (exact) mass is 358 g/mol. The molecule has 0 aliphatic heterocycles. The Bertz CT molecular complexity index is 440. The topological polar surface area (TPSA) is 18.5 Å². The van der Waals surface area contributed by atoms with E-state index in [9.17, 15) is 0 Å². The van der Waals surface area contributed by atoms with Crippen LogP contribution in [0.5, 0.6) is 0 Å². The molecular weight excluding hydrogens is 320 g/mol. The van der Waals surface area contributed by atoms with Crippen molar-refractivity contribution in [2.24, 2.45) is 0 Å². The van der Waals surface area contributed by atoms with Crippen LogP contribution in [0.1, 0.15) is 65.2 Å². The lowest BCUT2D eigenvalue weighted by Crippen LogP contribution is -2.33. The molecule has 0 saturated heterocycles. The minimum Gasteiger partial charge on any atom is -0.371 e. The van der Waals surface area contributed by atoms with Gasteiger partial charge < -0.3 is 9.47 Å². The molecule has 2 nitrogen and oxygen atoms in total. The molecule has 0 bridgehead atoms. The predicted molar refractivity (Wildman–Crippen MR) is 113 cm³/mol. The van der Waals surface area contributed by atoms with Crippen LogP contribution < -0.4 is 0 Å². The molecule has 0 radical (unpaired) electrons. The fourth-order valence-electron chi connectivity index (χ4n) is 2.78. The lowest BCUT2D eigenvalue weighted by molar-refractivity contribution is -0.0604. The first-order chi connectivity index (χ1) is 12.7. The van der Waals surface area contributed by atoms with Crippen molar-refractivity contribution >= 4 is 0 Å². The molecule has 0 amide bonds. The molecule has 2 heteroatoms. The predicted octanol–water partition coefficient (Wildman–Crippen LogP) is 6.71. The molecule has 2 atom stereocenters. The summed E-state index contributed by atoms with van der Waals surface area (Å²) in [6.45, 7) is 13.7. The van der Waals surface area contributed by atoms with E-state index >= 15 is 0 Å². The van der Waals surface area contributed by atoms with Crippen LogP contribution >= 0.6 is 0 Å². The van der Waals surface area contributed by atoms with E-state index in [4.69, 9.17) is 9.47 Å². The van der Waals surface area contributed by atoms with E-state index < -0.39 is 0 Å². The van der Waals surface area contributed by atoms with Crippen LogP contribution in [0.25, 0.3) is 0 Å². The zero-order valence-corrected chi connectivity index (χ0v) is 16.9. The van der Waals surface area contributed by atoms with Crippen molar-refractivity contribution in [1.29, 1.82) is 0 Å². The Hall–Kier alpha value is -1.38. The second kappa shape index (κ2) is 14.8. The minimum atomic E-state index is 0.0951. The smallest absolute Gasteiger partial charge is 0.0878 e. The number of hydrogen-bond acceptors (Lipinski definition) is 2. The Balaban J connectivity index is 2.34. The zero-order valence-electron chi connectivity index (χ0n) is 16.9. The molecular formula is C24H38O2. The standard InChI is InChI=1S/C24H38O2/c1-5-7-9-11-15-21(3)19-25-23-17-13-14-18-24(23)26-20-22(4)16-12-10-8-6-2/h11-16,23-24H,3-10,17-20H2,1-2H3/b15-11+,16-12+/t23-,24-/m1/s1. The number of unbranched alkanes of at least 4 members (excludes halogenated alkanes) is 4. The van der Waals surface area contributed by atoms with Crippen molar-refractivity contribution in [3.8, 4) is 0 Å². The molecule has 26 heavy (non-hydrogen) atoms. The lowest BCUT2D eigenvalue weighted by atomic mass is 10.0. The van der Waals surface area contributed by atoms with Crippen molar-refractivity contribution in [3.63, 3.8) is 0 Å². The summed E-state index contributed by atoms with van der Waals surface area (Å²) in [6.07, 6.45) is 22.0. The van der Waals surface area contributed by atoms with E-state index in [1.165, 1.54) is 25.7 Å². The Morgan fingerprint density at radius 2 is 1.27 bits per heavy atom. The number of allylic oxidation sites excluding steroid dienone is 2. The number of hydrogen-bond donors (Lipinski definition) is 0. The summed E-state index contributed by atoms with van der Waals surface area (Å²) >= 11 is 0. The van der Waals surface area contributed by atoms with Gasteiger partial charge >= 0.3 is 0 Å². The molecule has 0 aromatic heterocycles. The van der Waals surface area contributed by atoms with Crippen LogP contribution in [0.3, 0.4) is 0 Å². The maximum Gasteiger partial charge on any atom is 0.0878 e. The van der Waals surface area contributed by atoms with Gasteiger partial charge in [0.15, 0.2) is 0 Å². The van der Waals surface area contributed by atoms with Crippen LogP contribution in [0, 0.1) is 0 Å². The summed E-state index contributed by atoms with van der Waals surface area (Å²) in [5.74, 6) is 0. The van der Waals surface area contributed by atoms with Gasteiger partial charge in [-0.25, -0.2) is 0 Å². The van der Waals surface area contributed by atoms with Crippen LogP contribution in [-0.4, -0.2) is 25.4 Å². The number of rotatable bonds is 14. The second-order valence-electron chi connectivity index (χ2n) is 7.05. The zero-order chi connectivity index (χ0) is 19.0. The molecule has 0 aromatic carbocycles. The Kier molecular flexibility index (Phi) is 12.9. The maximum atomic E-state index is 6.09. The summed E-state index contributed by atoms with van der Waals surface area (Å²) in [4.78, 5) is 0. The first kappa shape index (κ1) is 22.7. The SMILES string of the molecule is C=C(/C=C/CCCC)CO[C@@H]1CC=CC[C@H]1OCC(=C)/C=C/CCCC. The van der Waals surface area contributed by atoms with Crippen LogP contribution in [-0.2, 0) is 9.47 Å². The largest absolute Gasteiger partial charge is 0.371 e. The highest BCUT2D eigenvalue weighted by Gasteiger charge is 2.23. The minimum absolute atomic E-state index is 0.0951. The highest BCUT2D eigenvalue weighted by molar-refractivity contribution is 5.16. The molecule has 0 N–H and O–H groups in total. The summed E-state index contributed by atoms with van der Waals surface area (Å²) in [5, 5.41) is 0. The summed E-state index contributed by atoms with van der Waals surface area (Å²) in [6, 6.07) is 0. The first-order valence-electron chi connectivity index (χ1n) is 10.2. The average Bonchev–Trinajstić information content (AvgIpc) is 2.66. The average molecular weight is 359 g/mol. The third-order valence-corrected chi connectivity index (χ3v) is 4.44. The Labute approximate surface area is 161 Å². The van der Waals surface area contributed by atoms with Crippen LogP contribution in [0.15, 0.2) is 60.8 Å². The van der Waals surface area contributed by atoms with Gasteiger partial charge in [-0.3, -0.25) is 0 Å². The van der Waals surface area contributed by atoms with E-state index in [1.807, 2.05) is 0 Å². The van der Waals surface area contributed by atoms with E-state index in [1.54, 1.807) is 0 Å². The van der Waals surface area contributed by atoms with Gasteiger partial charge in [0, 0.05) is 0 Å². The molecule has 0 spiro atoms. The van der Waals surface area contributed by atoms with Gasteiger partial charge in [0.05, 0.1) is 25.4 Å². The molecule has 0 saturated carbocycles. The van der Waals surface area contributed by atoms with Gasteiger partial charge in [-0.15, -0.1) is 0 Å². The molecule has 146 valence electrons. The molecule has 0 fully saturated rings. The van der Waals surface area contributed by atoms with Crippen LogP contribution in [0.4, 0.5) is 0 Å². The second-order valence-corrected chi connectivity index (χ2v) is 7.05. The normalized spacial score (nSPS) is 20.2. The van der Waals surface area contributed by atoms with E-state index in [2.05, 4.69) is 63.5 Å². The molecule has 1 aliphatic carbocycles.